The SMILES string of the molecule is CN=C(NCc1ccc(S(C)(=O)=O)c(C)c1)NCC1CN(CC(C)C)CCO1. The van der Waals surface area contributed by atoms with Crippen molar-refractivity contribution in [2.45, 2.75) is 38.3 Å². The van der Waals surface area contributed by atoms with Crippen LogP contribution in [0.4, 0.5) is 0 Å². The van der Waals surface area contributed by atoms with Gasteiger partial charge in [-0.3, -0.25) is 9.89 Å². The number of benzene rings is 1. The fraction of sp³-hybridized carbons (Fsp3) is 0.650. The van der Waals surface area contributed by atoms with E-state index >= 15 is 0 Å². The summed E-state index contributed by atoms with van der Waals surface area (Å²) in [5.41, 5.74) is 1.76. The monoisotopic (exact) mass is 410 g/mol. The summed E-state index contributed by atoms with van der Waals surface area (Å²) in [6.45, 7) is 11.3. The third kappa shape index (κ3) is 7.07. The molecule has 7 nitrogen and oxygen atoms in total. The van der Waals surface area contributed by atoms with Crippen molar-refractivity contribution in [3.63, 3.8) is 0 Å². The summed E-state index contributed by atoms with van der Waals surface area (Å²) in [6.07, 6.45) is 1.37. The van der Waals surface area contributed by atoms with Gasteiger partial charge in [0.15, 0.2) is 15.8 Å². The van der Waals surface area contributed by atoms with E-state index in [1.165, 1.54) is 6.26 Å². The lowest BCUT2D eigenvalue weighted by molar-refractivity contribution is -0.0284. The molecule has 0 radical (unpaired) electrons. The highest BCUT2D eigenvalue weighted by Gasteiger charge is 2.21. The molecule has 1 aromatic carbocycles. The topological polar surface area (TPSA) is 83.0 Å². The molecule has 2 N–H and O–H groups in total. The molecule has 1 aliphatic heterocycles. The van der Waals surface area contributed by atoms with Gasteiger partial charge in [0, 0.05) is 46.0 Å². The first-order chi connectivity index (χ1) is 13.2. The van der Waals surface area contributed by atoms with E-state index in [-0.39, 0.29) is 6.10 Å². The average molecular weight is 411 g/mol. The minimum Gasteiger partial charge on any atom is -0.374 e. The molecule has 1 aliphatic rings. The largest absolute Gasteiger partial charge is 0.374 e. The molecule has 28 heavy (non-hydrogen) atoms. The van der Waals surface area contributed by atoms with E-state index in [1.54, 1.807) is 13.1 Å². The summed E-state index contributed by atoms with van der Waals surface area (Å²) in [4.78, 5) is 7.09. The Morgan fingerprint density at radius 1 is 1.36 bits per heavy atom. The van der Waals surface area contributed by atoms with E-state index in [1.807, 2.05) is 19.1 Å². The first kappa shape index (κ1) is 22.6. The Bertz CT molecular complexity index is 778. The molecule has 1 atom stereocenters. The number of aryl methyl sites for hydroxylation is 1. The molecule has 1 aromatic rings. The first-order valence-corrected chi connectivity index (χ1v) is 11.7. The van der Waals surface area contributed by atoms with Crippen molar-refractivity contribution in [1.82, 2.24) is 15.5 Å². The molecule has 0 amide bonds. The number of ether oxygens (including phenoxy) is 1. The van der Waals surface area contributed by atoms with Crippen molar-refractivity contribution < 1.29 is 13.2 Å². The van der Waals surface area contributed by atoms with Gasteiger partial charge in [-0.2, -0.15) is 0 Å². The smallest absolute Gasteiger partial charge is 0.191 e. The fourth-order valence-electron chi connectivity index (χ4n) is 3.44. The van der Waals surface area contributed by atoms with Gasteiger partial charge >= 0.3 is 0 Å². The highest BCUT2D eigenvalue weighted by atomic mass is 32.2. The van der Waals surface area contributed by atoms with Crippen LogP contribution in [0.3, 0.4) is 0 Å². The Kier molecular flexibility index (Phi) is 8.27. The van der Waals surface area contributed by atoms with Crippen LogP contribution in [0.15, 0.2) is 28.1 Å². The third-order valence-corrected chi connectivity index (χ3v) is 5.92. The van der Waals surface area contributed by atoms with Gasteiger partial charge in [0.1, 0.15) is 0 Å². The lowest BCUT2D eigenvalue weighted by atomic mass is 10.1. The number of hydrogen-bond donors (Lipinski definition) is 2. The van der Waals surface area contributed by atoms with Crippen LogP contribution in [0.1, 0.15) is 25.0 Å². The highest BCUT2D eigenvalue weighted by molar-refractivity contribution is 7.90. The van der Waals surface area contributed by atoms with Crippen LogP contribution in [0, 0.1) is 12.8 Å². The molecule has 0 aromatic heterocycles. The number of hydrogen-bond acceptors (Lipinski definition) is 5. The second-order valence-electron chi connectivity index (χ2n) is 7.82. The van der Waals surface area contributed by atoms with E-state index in [2.05, 4.69) is 34.4 Å². The number of nitrogens with zero attached hydrogens (tertiary/aromatic N) is 2. The lowest BCUT2D eigenvalue weighted by Gasteiger charge is -2.34. The molecule has 2 rings (SSSR count). The summed E-state index contributed by atoms with van der Waals surface area (Å²) in [7, 11) is -1.46. The van der Waals surface area contributed by atoms with Crippen LogP contribution in [0.5, 0.6) is 0 Å². The molecule has 0 spiro atoms. The van der Waals surface area contributed by atoms with Crippen LogP contribution in [0.2, 0.25) is 0 Å². The minimum absolute atomic E-state index is 0.141. The Balaban J connectivity index is 1.84. The molecule has 1 unspecified atom stereocenters. The van der Waals surface area contributed by atoms with Crippen LogP contribution < -0.4 is 10.6 Å². The van der Waals surface area contributed by atoms with Gasteiger partial charge < -0.3 is 15.4 Å². The molecule has 1 fully saturated rings. The molecule has 0 saturated carbocycles. The number of guanidine groups is 1. The normalized spacial score (nSPS) is 19.1. The van der Waals surface area contributed by atoms with Gasteiger partial charge in [-0.25, -0.2) is 8.42 Å². The van der Waals surface area contributed by atoms with Crippen LogP contribution >= 0.6 is 0 Å². The van der Waals surface area contributed by atoms with Gasteiger partial charge in [-0.1, -0.05) is 26.0 Å². The summed E-state index contributed by atoms with van der Waals surface area (Å²) in [6, 6.07) is 5.39. The second kappa shape index (κ2) is 10.2. The van der Waals surface area contributed by atoms with Gasteiger partial charge in [-0.05, 0) is 30.0 Å². The zero-order valence-electron chi connectivity index (χ0n) is 17.7. The van der Waals surface area contributed by atoms with Crippen LogP contribution in [-0.4, -0.2) is 71.5 Å². The quantitative estimate of drug-likeness (QED) is 0.523. The van der Waals surface area contributed by atoms with E-state index in [0.29, 0.717) is 29.9 Å². The number of sulfone groups is 1. The van der Waals surface area contributed by atoms with Crippen molar-refractivity contribution in [3.8, 4) is 0 Å². The molecular weight excluding hydrogens is 376 g/mol. The molecule has 1 heterocycles. The van der Waals surface area contributed by atoms with Crippen LogP contribution in [0.25, 0.3) is 0 Å². The van der Waals surface area contributed by atoms with Gasteiger partial charge in [0.25, 0.3) is 0 Å². The first-order valence-electron chi connectivity index (χ1n) is 9.77. The molecule has 0 aliphatic carbocycles. The fourth-order valence-corrected chi connectivity index (χ4v) is 4.40. The second-order valence-corrected chi connectivity index (χ2v) is 9.81. The zero-order valence-corrected chi connectivity index (χ0v) is 18.5. The van der Waals surface area contributed by atoms with E-state index in [4.69, 9.17) is 4.74 Å². The summed E-state index contributed by atoms with van der Waals surface area (Å²) >= 11 is 0. The average Bonchev–Trinajstić information content (AvgIpc) is 2.60. The predicted molar refractivity (Wildman–Crippen MR) is 114 cm³/mol. The van der Waals surface area contributed by atoms with Crippen molar-refractivity contribution in [3.05, 3.63) is 29.3 Å². The van der Waals surface area contributed by atoms with Crippen molar-refractivity contribution in [1.29, 1.82) is 0 Å². The molecular formula is C20H34N4O3S. The van der Waals surface area contributed by atoms with E-state index in [0.717, 1.165) is 37.4 Å². The molecule has 0 bridgehead atoms. The van der Waals surface area contributed by atoms with Crippen molar-refractivity contribution in [2.75, 3.05) is 46.1 Å². The van der Waals surface area contributed by atoms with Gasteiger partial charge in [-0.15, -0.1) is 0 Å². The third-order valence-electron chi connectivity index (χ3n) is 4.67. The number of morpholine rings is 1. The summed E-state index contributed by atoms with van der Waals surface area (Å²) < 4.78 is 29.3. The predicted octanol–water partition coefficient (Wildman–Crippen LogP) is 1.42. The minimum atomic E-state index is -3.19. The van der Waals surface area contributed by atoms with Crippen molar-refractivity contribution in [2.24, 2.45) is 10.9 Å². The Labute approximate surface area is 169 Å². The zero-order chi connectivity index (χ0) is 20.7. The highest BCUT2D eigenvalue weighted by Crippen LogP contribution is 2.16. The lowest BCUT2D eigenvalue weighted by Crippen LogP contribution is -2.50. The number of nitrogens with one attached hydrogen (secondary N) is 2. The van der Waals surface area contributed by atoms with Gasteiger partial charge in [0.05, 0.1) is 17.6 Å². The van der Waals surface area contributed by atoms with Gasteiger partial charge in [0.2, 0.25) is 0 Å². The summed E-state index contributed by atoms with van der Waals surface area (Å²) in [5.74, 6) is 1.35. The van der Waals surface area contributed by atoms with Crippen molar-refractivity contribution >= 4 is 15.8 Å². The standard InChI is InChI=1S/C20H34N4O3S/c1-15(2)13-24-8-9-27-18(14-24)12-23-20(21-4)22-11-17-6-7-19(16(3)10-17)28(5,25)26/h6-7,10,15,18H,8-9,11-14H2,1-5H3,(H2,21,22,23). The Morgan fingerprint density at radius 3 is 2.71 bits per heavy atom. The number of rotatable bonds is 7. The maximum Gasteiger partial charge on any atom is 0.191 e. The van der Waals surface area contributed by atoms with E-state index in [9.17, 15) is 8.42 Å². The molecule has 1 saturated heterocycles. The molecule has 8 heteroatoms. The van der Waals surface area contributed by atoms with Crippen LogP contribution in [-0.2, 0) is 21.1 Å². The molecule has 158 valence electrons. The Hall–Kier alpha value is -1.64. The Morgan fingerprint density at radius 2 is 2.11 bits per heavy atom. The summed E-state index contributed by atoms with van der Waals surface area (Å²) in [5, 5.41) is 6.60. The van der Waals surface area contributed by atoms with E-state index < -0.39 is 9.84 Å². The maximum absolute atomic E-state index is 11.7. The number of aliphatic imine (C=N–C) groups is 1. The maximum atomic E-state index is 11.7.